The molecule has 0 aliphatic carbocycles. The number of hydrogen-bond acceptors (Lipinski definition) is 10. The fourth-order valence-electron chi connectivity index (χ4n) is 4.79. The van der Waals surface area contributed by atoms with E-state index in [1.54, 1.807) is 18.2 Å². The van der Waals surface area contributed by atoms with Gasteiger partial charge in [0.25, 0.3) is 0 Å². The minimum absolute atomic E-state index is 0.0240. The Bertz CT molecular complexity index is 1630. The molecule has 0 aliphatic heterocycles. The van der Waals surface area contributed by atoms with E-state index in [4.69, 9.17) is 24.8 Å². The molecule has 12 nitrogen and oxygen atoms in total. The van der Waals surface area contributed by atoms with Gasteiger partial charge < -0.3 is 30.3 Å². The van der Waals surface area contributed by atoms with Gasteiger partial charge in [0, 0.05) is 12.8 Å². The van der Waals surface area contributed by atoms with Gasteiger partial charge in [0.05, 0.1) is 19.3 Å². The molecule has 0 spiro atoms. The Morgan fingerprint density at radius 2 is 0.968 bits per heavy atom. The molecule has 0 aromatic carbocycles. The highest BCUT2D eigenvalue weighted by Crippen LogP contribution is 2.43. The average Bonchev–Trinajstić information content (AvgIpc) is 3.26. The largest absolute Gasteiger partial charge is 0.480 e. The van der Waals surface area contributed by atoms with E-state index in [2.05, 4.69) is 122 Å². The van der Waals surface area contributed by atoms with E-state index in [0.29, 0.717) is 12.8 Å². The summed E-state index contributed by atoms with van der Waals surface area (Å²) in [4.78, 5) is 46.0. The number of rotatable bonds is 38. The lowest BCUT2D eigenvalue weighted by Crippen LogP contribution is -2.34. The summed E-state index contributed by atoms with van der Waals surface area (Å²) in [7, 11) is -4.81. The first-order chi connectivity index (χ1) is 30.5. The highest BCUT2D eigenvalue weighted by Gasteiger charge is 2.28. The highest BCUT2D eigenvalue weighted by atomic mass is 31.2. The van der Waals surface area contributed by atoms with Gasteiger partial charge in [-0.25, -0.2) is 4.57 Å². The maximum absolute atomic E-state index is 12.6. The third-order valence-electron chi connectivity index (χ3n) is 8.21. The molecule has 350 valence electrons. The second kappa shape index (κ2) is 42.6. The molecule has 4 atom stereocenters. The number of carboxylic acids is 1. The van der Waals surface area contributed by atoms with Crippen LogP contribution in [0.25, 0.3) is 0 Å². The molecule has 0 fully saturated rings. The summed E-state index contributed by atoms with van der Waals surface area (Å²) < 4.78 is 32.4. The van der Waals surface area contributed by atoms with Gasteiger partial charge in [-0.15, -0.1) is 0 Å². The van der Waals surface area contributed by atoms with Crippen molar-refractivity contribution in [3.63, 3.8) is 0 Å². The summed E-state index contributed by atoms with van der Waals surface area (Å²) in [6.07, 6.45) is 56.9. The van der Waals surface area contributed by atoms with Crippen LogP contribution in [0.5, 0.6) is 0 Å². The van der Waals surface area contributed by atoms with Crippen molar-refractivity contribution in [2.45, 2.75) is 128 Å². The van der Waals surface area contributed by atoms with Crippen molar-refractivity contribution in [2.75, 3.05) is 19.8 Å². The Kier molecular flexibility index (Phi) is 39.4. The van der Waals surface area contributed by atoms with Crippen LogP contribution in [0.1, 0.15) is 110 Å². The Labute approximate surface area is 377 Å². The quantitative estimate of drug-likeness (QED) is 0.0199. The molecule has 0 aromatic rings. The molecule has 0 saturated heterocycles. The van der Waals surface area contributed by atoms with Crippen molar-refractivity contribution < 1.29 is 52.6 Å². The van der Waals surface area contributed by atoms with Gasteiger partial charge in [-0.2, -0.15) is 0 Å². The number of phosphoric ester groups is 1. The predicted molar refractivity (Wildman–Crippen MR) is 254 cm³/mol. The Balaban J connectivity index is 4.74. The van der Waals surface area contributed by atoms with E-state index in [0.717, 1.165) is 64.2 Å². The fourth-order valence-corrected chi connectivity index (χ4v) is 5.56. The number of aliphatic carboxylic acids is 1. The number of esters is 2. The van der Waals surface area contributed by atoms with Gasteiger partial charge in [-0.1, -0.05) is 160 Å². The van der Waals surface area contributed by atoms with E-state index >= 15 is 0 Å². The van der Waals surface area contributed by atoms with Crippen molar-refractivity contribution in [3.8, 4) is 0 Å². The summed E-state index contributed by atoms with van der Waals surface area (Å²) in [5, 5.41) is 19.2. The summed E-state index contributed by atoms with van der Waals surface area (Å²) in [6.45, 7) is 2.22. The maximum Gasteiger partial charge on any atom is 0.472 e. The molecule has 13 heteroatoms. The molecular formula is C50H74NO11P. The number of aliphatic hydroxyl groups excluding tert-OH is 1. The number of aliphatic hydroxyl groups is 1. The van der Waals surface area contributed by atoms with Crippen LogP contribution in [0, 0.1) is 0 Å². The maximum atomic E-state index is 12.6. The lowest BCUT2D eigenvalue weighted by molar-refractivity contribution is -0.161. The van der Waals surface area contributed by atoms with Gasteiger partial charge in [0.15, 0.2) is 6.10 Å². The van der Waals surface area contributed by atoms with Crippen LogP contribution in [0.4, 0.5) is 0 Å². The summed E-state index contributed by atoms with van der Waals surface area (Å²) in [6, 6.07) is -1.57. The van der Waals surface area contributed by atoms with Crippen molar-refractivity contribution in [1.82, 2.24) is 0 Å². The van der Waals surface area contributed by atoms with Gasteiger partial charge in [0.1, 0.15) is 12.6 Å². The van der Waals surface area contributed by atoms with Crippen molar-refractivity contribution in [1.29, 1.82) is 0 Å². The number of nitrogens with two attached hydrogens (primary N) is 1. The number of allylic oxidation sites excluding steroid dienone is 23. The third-order valence-corrected chi connectivity index (χ3v) is 9.16. The van der Waals surface area contributed by atoms with E-state index in [1.807, 2.05) is 24.3 Å². The van der Waals surface area contributed by atoms with E-state index < -0.39 is 63.8 Å². The molecule has 5 N–H and O–H groups in total. The molecule has 0 saturated carbocycles. The number of ether oxygens (including phenoxy) is 2. The first-order valence-electron chi connectivity index (χ1n) is 22.0. The lowest BCUT2D eigenvalue weighted by atomic mass is 10.2. The molecule has 0 bridgehead atoms. The standard InChI is InChI=1S/C50H74NO11P/c1-3-5-7-9-11-13-15-17-19-21-22-23-25-27-29-31-33-35-37-39-49(54)62-46(43-60-63(57,58)61-44-47(51)50(55)56)42-59-48(53)41-40-45(52)38-36-34-32-30-28-26-24-20-18-16-14-12-10-8-6-4-2/h5-8,11-14,17-20,22-23,26-29,32-36,38,45-47,52H,3-4,9-10,15-16,21,24-25,30-31,37,39-44,51H2,1-2H3,(H,55,56)(H,57,58)/b7-5-,8-6-,13-11-,14-12-,19-17-,20-18-,23-22-,28-26-,29-27-,34-32-,35-33-,38-36-/t45?,46-,47+/m1/s1. The average molecular weight is 896 g/mol. The molecule has 0 aromatic heterocycles. The molecule has 0 aliphatic rings. The minimum atomic E-state index is -4.81. The number of carbonyl (C=O) groups excluding carboxylic acids is 2. The Hall–Kier alpha value is -4.68. The predicted octanol–water partition coefficient (Wildman–Crippen LogP) is 10.9. The summed E-state index contributed by atoms with van der Waals surface area (Å²) in [5.74, 6) is -2.82. The number of hydrogen-bond donors (Lipinski definition) is 4. The zero-order valence-corrected chi connectivity index (χ0v) is 38.3. The van der Waals surface area contributed by atoms with Crippen LogP contribution in [0.2, 0.25) is 0 Å². The van der Waals surface area contributed by atoms with Crippen LogP contribution < -0.4 is 5.73 Å². The molecule has 0 amide bonds. The number of phosphoric acid groups is 1. The summed E-state index contributed by atoms with van der Waals surface area (Å²) >= 11 is 0. The van der Waals surface area contributed by atoms with Crippen LogP contribution in [0.15, 0.2) is 146 Å². The van der Waals surface area contributed by atoms with Crippen LogP contribution in [-0.2, 0) is 37.5 Å². The first-order valence-corrected chi connectivity index (χ1v) is 23.5. The lowest BCUT2D eigenvalue weighted by Gasteiger charge is -2.20. The first kappa shape index (κ1) is 58.3. The fraction of sp³-hybridized carbons (Fsp3) is 0.460. The second-order valence-corrected chi connectivity index (χ2v) is 15.4. The Morgan fingerprint density at radius 1 is 0.556 bits per heavy atom. The van der Waals surface area contributed by atoms with E-state index in [1.165, 1.54) is 0 Å². The smallest absolute Gasteiger partial charge is 0.472 e. The van der Waals surface area contributed by atoms with Gasteiger partial charge >= 0.3 is 25.7 Å². The number of carbonyl (C=O) groups is 3. The monoisotopic (exact) mass is 895 g/mol. The molecule has 0 radical (unpaired) electrons. The van der Waals surface area contributed by atoms with Crippen molar-refractivity contribution >= 4 is 25.7 Å². The highest BCUT2D eigenvalue weighted by molar-refractivity contribution is 7.47. The normalized spacial score (nSPS) is 15.5. The zero-order valence-electron chi connectivity index (χ0n) is 37.4. The topological polar surface area (TPSA) is 192 Å². The Morgan fingerprint density at radius 3 is 1.41 bits per heavy atom. The molecule has 2 unspecified atom stereocenters. The van der Waals surface area contributed by atoms with Crippen molar-refractivity contribution in [2.24, 2.45) is 5.73 Å². The molecule has 0 rings (SSSR count). The van der Waals surface area contributed by atoms with Crippen molar-refractivity contribution in [3.05, 3.63) is 146 Å². The van der Waals surface area contributed by atoms with E-state index in [-0.39, 0.29) is 19.3 Å². The second-order valence-electron chi connectivity index (χ2n) is 13.9. The zero-order chi connectivity index (χ0) is 46.5. The van der Waals surface area contributed by atoms with Crippen LogP contribution in [0.3, 0.4) is 0 Å². The SMILES string of the molecule is CC/C=C\C/C=C\C/C=C\C/C=C\C/C=C\C=C/C(O)CCC(=O)OC[C@H](COP(=O)(O)OC[C@H](N)C(=O)O)OC(=O)CC/C=C\C/C=C\C/C=C\C/C=C\C/C=C\C/C=C\CC. The van der Waals surface area contributed by atoms with Crippen LogP contribution >= 0.6 is 7.82 Å². The molecule has 0 heterocycles. The van der Waals surface area contributed by atoms with Crippen LogP contribution in [-0.4, -0.2) is 71.1 Å². The number of carboxylic acid groups (broad SMARTS) is 1. The van der Waals surface area contributed by atoms with Gasteiger partial charge in [-0.3, -0.25) is 23.4 Å². The van der Waals surface area contributed by atoms with Gasteiger partial charge in [0.2, 0.25) is 0 Å². The molecular weight excluding hydrogens is 822 g/mol. The third kappa shape index (κ3) is 42.4. The van der Waals surface area contributed by atoms with E-state index in [9.17, 15) is 28.9 Å². The molecule has 63 heavy (non-hydrogen) atoms. The minimum Gasteiger partial charge on any atom is -0.480 e. The van der Waals surface area contributed by atoms with Gasteiger partial charge in [-0.05, 0) is 83.5 Å². The summed E-state index contributed by atoms with van der Waals surface area (Å²) in [5.41, 5.74) is 5.32.